The van der Waals surface area contributed by atoms with Crippen LogP contribution in [0.3, 0.4) is 0 Å². The van der Waals surface area contributed by atoms with E-state index in [1.165, 1.54) is 12.3 Å². The molecule has 1 aromatic heterocycles. The lowest BCUT2D eigenvalue weighted by Gasteiger charge is -2.35. The summed E-state index contributed by atoms with van der Waals surface area (Å²) in [4.78, 5) is 6.71. The Kier molecular flexibility index (Phi) is 5.67. The first-order valence-corrected chi connectivity index (χ1v) is 9.97. The first kappa shape index (κ1) is 19.9. The highest BCUT2D eigenvalue weighted by atomic mass is 19.1. The standard InChI is InChI=1S/C22H26FN7/c1-14-19-11-16(5-6-20(19)29-28-14)22(25)27-21(12-24)30-8-7-26-18(13-30)10-15-3-2-4-17(23)9-15/h2-6,9,11-12,18,26H,7-8,10,13,24H2,1H3,(H2,25,27)(H,28,29)/b21-12+. The van der Waals surface area contributed by atoms with Crippen molar-refractivity contribution in [1.82, 2.24) is 20.4 Å². The third-order valence-electron chi connectivity index (χ3n) is 5.38. The highest BCUT2D eigenvalue weighted by Crippen LogP contribution is 2.18. The number of aromatic nitrogens is 2. The lowest BCUT2D eigenvalue weighted by Crippen LogP contribution is -2.51. The van der Waals surface area contributed by atoms with E-state index in [0.29, 0.717) is 18.2 Å². The Morgan fingerprint density at radius 1 is 1.33 bits per heavy atom. The summed E-state index contributed by atoms with van der Waals surface area (Å²) < 4.78 is 13.5. The maximum Gasteiger partial charge on any atom is 0.146 e. The van der Waals surface area contributed by atoms with E-state index >= 15 is 0 Å². The van der Waals surface area contributed by atoms with E-state index in [0.717, 1.165) is 47.2 Å². The molecule has 0 aliphatic carbocycles. The summed E-state index contributed by atoms with van der Waals surface area (Å²) in [5.74, 6) is 0.807. The Morgan fingerprint density at radius 3 is 3.00 bits per heavy atom. The Morgan fingerprint density at radius 2 is 2.20 bits per heavy atom. The Labute approximate surface area is 174 Å². The van der Waals surface area contributed by atoms with Crippen molar-refractivity contribution in [2.45, 2.75) is 19.4 Å². The van der Waals surface area contributed by atoms with Crippen molar-refractivity contribution in [2.75, 3.05) is 19.6 Å². The average Bonchev–Trinajstić information content (AvgIpc) is 3.12. The van der Waals surface area contributed by atoms with Crippen LogP contribution in [0.25, 0.3) is 10.9 Å². The molecule has 0 radical (unpaired) electrons. The van der Waals surface area contributed by atoms with E-state index in [-0.39, 0.29) is 11.9 Å². The number of rotatable bonds is 5. The summed E-state index contributed by atoms with van der Waals surface area (Å²) >= 11 is 0. The number of fused-ring (bicyclic) bond motifs is 1. The fraction of sp³-hybridized carbons (Fsp3) is 0.273. The Bertz CT molecular complexity index is 1100. The van der Waals surface area contributed by atoms with Crippen LogP contribution in [0.1, 0.15) is 16.8 Å². The second-order valence-corrected chi connectivity index (χ2v) is 7.53. The van der Waals surface area contributed by atoms with Gasteiger partial charge in [0.05, 0.1) is 5.52 Å². The number of halogens is 1. The topological polar surface area (TPSA) is 108 Å². The summed E-state index contributed by atoms with van der Waals surface area (Å²) in [5.41, 5.74) is 15.8. The third kappa shape index (κ3) is 4.28. The zero-order valence-electron chi connectivity index (χ0n) is 16.9. The number of nitrogens with two attached hydrogens (primary N) is 2. The molecule has 1 aliphatic rings. The number of nitrogens with one attached hydrogen (secondary N) is 2. The number of amidine groups is 1. The molecule has 7 nitrogen and oxygen atoms in total. The van der Waals surface area contributed by atoms with Gasteiger partial charge in [-0.2, -0.15) is 5.10 Å². The van der Waals surface area contributed by atoms with E-state index in [2.05, 4.69) is 25.4 Å². The predicted octanol–water partition coefficient (Wildman–Crippen LogP) is 1.99. The molecule has 2 aromatic carbocycles. The van der Waals surface area contributed by atoms with Crippen molar-refractivity contribution in [2.24, 2.45) is 16.5 Å². The zero-order valence-corrected chi connectivity index (χ0v) is 16.9. The normalized spacial score (nSPS) is 18.2. The molecule has 1 atom stereocenters. The number of aromatic amines is 1. The molecule has 0 saturated carbocycles. The summed E-state index contributed by atoms with van der Waals surface area (Å²) in [5, 5.41) is 11.7. The van der Waals surface area contributed by atoms with Gasteiger partial charge in [-0.3, -0.25) is 5.10 Å². The first-order valence-electron chi connectivity index (χ1n) is 9.97. The van der Waals surface area contributed by atoms with Gasteiger partial charge in [-0.1, -0.05) is 12.1 Å². The highest BCUT2D eigenvalue weighted by molar-refractivity contribution is 6.01. The van der Waals surface area contributed by atoms with Crippen molar-refractivity contribution in [3.63, 3.8) is 0 Å². The van der Waals surface area contributed by atoms with Gasteiger partial charge in [-0.25, -0.2) is 9.38 Å². The van der Waals surface area contributed by atoms with Gasteiger partial charge in [0.1, 0.15) is 17.5 Å². The Balaban J connectivity index is 1.50. The molecular weight excluding hydrogens is 381 g/mol. The maximum absolute atomic E-state index is 13.5. The van der Waals surface area contributed by atoms with E-state index in [1.54, 1.807) is 12.1 Å². The van der Waals surface area contributed by atoms with Gasteiger partial charge in [0.25, 0.3) is 0 Å². The number of nitrogens with zero attached hydrogens (tertiary/aromatic N) is 3. The number of H-pyrrole nitrogens is 1. The van der Waals surface area contributed by atoms with Gasteiger partial charge >= 0.3 is 0 Å². The van der Waals surface area contributed by atoms with E-state index in [1.807, 2.05) is 31.2 Å². The number of benzene rings is 2. The minimum Gasteiger partial charge on any atom is -0.402 e. The van der Waals surface area contributed by atoms with Crippen molar-refractivity contribution in [3.05, 3.63) is 77.1 Å². The molecule has 3 aromatic rings. The Hall–Kier alpha value is -3.39. The van der Waals surface area contributed by atoms with Crippen molar-refractivity contribution in [1.29, 1.82) is 0 Å². The lowest BCUT2D eigenvalue weighted by atomic mass is 10.0. The van der Waals surface area contributed by atoms with Gasteiger partial charge in [0, 0.05) is 48.5 Å². The maximum atomic E-state index is 13.5. The van der Waals surface area contributed by atoms with Gasteiger partial charge < -0.3 is 21.7 Å². The molecule has 1 fully saturated rings. The van der Waals surface area contributed by atoms with Crippen molar-refractivity contribution < 1.29 is 4.39 Å². The molecule has 156 valence electrons. The van der Waals surface area contributed by atoms with Crippen LogP contribution in [0.4, 0.5) is 4.39 Å². The van der Waals surface area contributed by atoms with Crippen LogP contribution < -0.4 is 16.8 Å². The van der Waals surface area contributed by atoms with Gasteiger partial charge in [-0.05, 0) is 49.2 Å². The van der Waals surface area contributed by atoms with Crippen LogP contribution >= 0.6 is 0 Å². The van der Waals surface area contributed by atoms with Crippen molar-refractivity contribution >= 4 is 16.7 Å². The van der Waals surface area contributed by atoms with Crippen molar-refractivity contribution in [3.8, 4) is 0 Å². The third-order valence-corrected chi connectivity index (χ3v) is 5.38. The number of aliphatic imine (C=N–C) groups is 1. The van der Waals surface area contributed by atoms with Crippen LogP contribution in [0, 0.1) is 12.7 Å². The van der Waals surface area contributed by atoms with Crippen LogP contribution in [-0.2, 0) is 6.42 Å². The van der Waals surface area contributed by atoms with Gasteiger partial charge in [-0.15, -0.1) is 0 Å². The number of piperazine rings is 1. The van der Waals surface area contributed by atoms with Crippen LogP contribution in [0.2, 0.25) is 0 Å². The fourth-order valence-corrected chi connectivity index (χ4v) is 3.82. The summed E-state index contributed by atoms with van der Waals surface area (Å²) in [7, 11) is 0. The molecule has 8 heteroatoms. The zero-order chi connectivity index (χ0) is 21.1. The second-order valence-electron chi connectivity index (χ2n) is 7.53. The number of hydrogen-bond donors (Lipinski definition) is 4. The molecule has 1 aliphatic heterocycles. The number of hydrogen-bond acceptors (Lipinski definition) is 5. The largest absolute Gasteiger partial charge is 0.402 e. The van der Waals surface area contributed by atoms with Crippen LogP contribution in [0.5, 0.6) is 0 Å². The minimum absolute atomic E-state index is 0.164. The van der Waals surface area contributed by atoms with Gasteiger partial charge in [0.15, 0.2) is 0 Å². The lowest BCUT2D eigenvalue weighted by molar-refractivity contribution is 0.243. The molecule has 30 heavy (non-hydrogen) atoms. The van der Waals surface area contributed by atoms with E-state index < -0.39 is 0 Å². The molecular formula is C22H26FN7. The monoisotopic (exact) mass is 407 g/mol. The van der Waals surface area contributed by atoms with E-state index in [9.17, 15) is 4.39 Å². The molecule has 4 rings (SSSR count). The molecule has 1 saturated heterocycles. The average molecular weight is 407 g/mol. The highest BCUT2D eigenvalue weighted by Gasteiger charge is 2.21. The molecule has 0 bridgehead atoms. The molecule has 0 amide bonds. The summed E-state index contributed by atoms with van der Waals surface area (Å²) in [6.45, 7) is 4.22. The van der Waals surface area contributed by atoms with Crippen LogP contribution in [0.15, 0.2) is 59.5 Å². The summed E-state index contributed by atoms with van der Waals surface area (Å²) in [6, 6.07) is 12.7. The second kappa shape index (κ2) is 8.54. The van der Waals surface area contributed by atoms with Crippen LogP contribution in [-0.4, -0.2) is 46.6 Å². The minimum atomic E-state index is -0.218. The summed E-state index contributed by atoms with van der Waals surface area (Å²) in [6.07, 6.45) is 2.21. The smallest absolute Gasteiger partial charge is 0.146 e. The molecule has 2 heterocycles. The number of aryl methyl sites for hydroxylation is 1. The molecule has 1 unspecified atom stereocenters. The molecule has 6 N–H and O–H groups in total. The predicted molar refractivity (Wildman–Crippen MR) is 117 cm³/mol. The SMILES string of the molecule is Cc1[nH]nc2ccc(/C(N)=N/C(=C\N)N3CCNC(Cc4cccc(F)c4)C3)cc12. The molecule has 0 spiro atoms. The quantitative estimate of drug-likeness (QED) is 0.382. The first-order chi connectivity index (χ1) is 14.5. The fourth-order valence-electron chi connectivity index (χ4n) is 3.82. The van der Waals surface area contributed by atoms with E-state index in [4.69, 9.17) is 11.5 Å². The van der Waals surface area contributed by atoms with Gasteiger partial charge in [0.2, 0.25) is 0 Å².